The summed E-state index contributed by atoms with van der Waals surface area (Å²) < 4.78 is 13.1. The van der Waals surface area contributed by atoms with Crippen molar-refractivity contribution in [1.82, 2.24) is 0 Å². The summed E-state index contributed by atoms with van der Waals surface area (Å²) in [6.07, 6.45) is 0. The van der Waals surface area contributed by atoms with Gasteiger partial charge in [0.25, 0.3) is 0 Å². The van der Waals surface area contributed by atoms with Crippen molar-refractivity contribution < 1.29 is 30.0 Å². The first-order chi connectivity index (χ1) is 9.30. The number of hydrogen-bond acceptors (Lipinski definition) is 0. The Morgan fingerprint density at radius 1 is 0.773 bits per heavy atom. The Balaban J connectivity index is -0.000000107. The van der Waals surface area contributed by atoms with E-state index in [-0.39, 0.29) is 44.0 Å². The Morgan fingerprint density at radius 2 is 0.955 bits per heavy atom. The van der Waals surface area contributed by atoms with Gasteiger partial charge in [0.15, 0.2) is 0 Å². The SMILES string of the molecule is CC(C)[NH-].CC(C)[NH-].CC(C)[NH-].C[Si](C)(F)[c-]1cccc1.[Hf+4]. The van der Waals surface area contributed by atoms with E-state index in [1.807, 2.05) is 65.8 Å². The number of hydrogen-bond donors (Lipinski definition) is 0. The zero-order chi connectivity index (χ0) is 17.6. The molecule has 0 radical (unpaired) electrons. The maximum atomic E-state index is 13.1. The summed E-state index contributed by atoms with van der Waals surface area (Å²) in [6.45, 7) is 14.4. The molecule has 0 saturated carbocycles. The van der Waals surface area contributed by atoms with E-state index in [1.54, 1.807) is 13.1 Å². The molecule has 0 aliphatic heterocycles. The fourth-order valence-electron chi connectivity index (χ4n) is 0.770. The second-order valence-electron chi connectivity index (χ2n) is 6.11. The normalized spacial score (nSPS) is 9.77. The first-order valence-corrected chi connectivity index (χ1v) is 10.2. The molecule has 1 rings (SSSR count). The fraction of sp³-hybridized carbons (Fsp3) is 0.688. The molecule has 0 fully saturated rings. The van der Waals surface area contributed by atoms with Crippen molar-refractivity contribution in [1.29, 1.82) is 0 Å². The first kappa shape index (κ1) is 30.2. The minimum absolute atomic E-state index is 0. The molecule has 0 amide bonds. The van der Waals surface area contributed by atoms with Gasteiger partial charge in [-0.2, -0.15) is 12.1 Å². The van der Waals surface area contributed by atoms with Crippen molar-refractivity contribution in [2.24, 2.45) is 0 Å². The van der Waals surface area contributed by atoms with Crippen LogP contribution in [0, 0.1) is 0 Å². The first-order valence-electron chi connectivity index (χ1n) is 7.35. The van der Waals surface area contributed by atoms with Crippen molar-refractivity contribution in [2.45, 2.75) is 72.8 Å². The van der Waals surface area contributed by atoms with Gasteiger partial charge in [0.1, 0.15) is 0 Å². The molecule has 128 valence electrons. The maximum Gasteiger partial charge on any atom is 4.00 e. The van der Waals surface area contributed by atoms with Gasteiger partial charge in [-0.05, 0) is 13.1 Å². The summed E-state index contributed by atoms with van der Waals surface area (Å²) in [4.78, 5) is 0. The number of halogens is 1. The molecule has 0 saturated heterocycles. The Kier molecular flexibility index (Phi) is 24.1. The summed E-state index contributed by atoms with van der Waals surface area (Å²) in [5, 5.41) is 0.891. The van der Waals surface area contributed by atoms with E-state index < -0.39 is 8.41 Å². The van der Waals surface area contributed by atoms with Gasteiger partial charge in [0, 0.05) is 0 Å². The largest absolute Gasteiger partial charge is 4.00 e. The molecule has 6 heteroatoms. The average Bonchev–Trinajstić information content (AvgIpc) is 2.64. The second-order valence-corrected chi connectivity index (χ2v) is 9.63. The minimum atomic E-state index is -2.48. The fourth-order valence-corrected chi connectivity index (χ4v) is 1.76. The molecule has 3 N–H and O–H groups in total. The third-order valence-corrected chi connectivity index (χ3v) is 3.06. The van der Waals surface area contributed by atoms with Gasteiger partial charge in [0.05, 0.1) is 0 Å². The van der Waals surface area contributed by atoms with E-state index in [2.05, 4.69) is 0 Å². The van der Waals surface area contributed by atoms with Crippen LogP contribution in [-0.2, 0) is 25.8 Å². The van der Waals surface area contributed by atoms with Crippen LogP contribution in [0.15, 0.2) is 24.3 Å². The van der Waals surface area contributed by atoms with E-state index in [9.17, 15) is 4.11 Å². The van der Waals surface area contributed by atoms with Gasteiger partial charge in [-0.15, -0.1) is 23.3 Å². The third kappa shape index (κ3) is 42.7. The zero-order valence-corrected chi connectivity index (χ0v) is 20.0. The topological polar surface area (TPSA) is 71.4 Å². The van der Waals surface area contributed by atoms with Crippen molar-refractivity contribution in [3.63, 3.8) is 0 Å². The van der Waals surface area contributed by atoms with Gasteiger partial charge >= 0.3 is 25.8 Å². The molecule has 22 heavy (non-hydrogen) atoms. The van der Waals surface area contributed by atoms with Gasteiger partial charge < -0.3 is 21.3 Å². The van der Waals surface area contributed by atoms with E-state index in [4.69, 9.17) is 17.2 Å². The van der Waals surface area contributed by atoms with Gasteiger partial charge in [-0.1, -0.05) is 41.5 Å². The molecule has 1 aromatic rings. The maximum absolute atomic E-state index is 13.1. The minimum Gasteiger partial charge on any atom is -0.675 e. The van der Waals surface area contributed by atoms with Crippen LogP contribution in [0.25, 0.3) is 17.2 Å². The van der Waals surface area contributed by atoms with E-state index >= 15 is 0 Å². The van der Waals surface area contributed by atoms with Crippen molar-refractivity contribution in [3.8, 4) is 0 Å². The average molecular weight is 494 g/mol. The molecule has 0 spiro atoms. The molecule has 0 heterocycles. The van der Waals surface area contributed by atoms with Crippen LogP contribution in [0.1, 0.15) is 41.5 Å². The van der Waals surface area contributed by atoms with Crippen LogP contribution in [0.5, 0.6) is 0 Å². The van der Waals surface area contributed by atoms with Crippen LogP contribution in [0.3, 0.4) is 0 Å². The Hall–Kier alpha value is 0.247. The standard InChI is InChI=1S/C7H10FSi.3C3H8N.Hf/c1-9(2,8)7-5-3-4-6-7;3*1-3(2)4;/h3-6H,1-2H3;3*3-4H,1-2H3;/q4*-1;+4. The molecule has 1 aromatic carbocycles. The molecule has 0 aromatic heterocycles. The summed E-state index contributed by atoms with van der Waals surface area (Å²) in [7, 11) is -2.48. The van der Waals surface area contributed by atoms with Crippen molar-refractivity contribution in [2.75, 3.05) is 0 Å². The van der Waals surface area contributed by atoms with E-state index in [1.165, 1.54) is 0 Å². The smallest absolute Gasteiger partial charge is 0.675 e. The monoisotopic (exact) mass is 495 g/mol. The Labute approximate surface area is 157 Å². The summed E-state index contributed by atoms with van der Waals surface area (Å²) in [5.74, 6) is 0. The Morgan fingerprint density at radius 3 is 1.05 bits per heavy atom. The van der Waals surface area contributed by atoms with Gasteiger partial charge in [-0.3, -0.25) is 0 Å². The predicted molar refractivity (Wildman–Crippen MR) is 98.6 cm³/mol. The molecule has 0 aliphatic rings. The number of rotatable bonds is 1. The van der Waals surface area contributed by atoms with Crippen molar-refractivity contribution in [3.05, 3.63) is 41.5 Å². The predicted octanol–water partition coefficient (Wildman–Crippen LogP) is 6.13. The van der Waals surface area contributed by atoms with Crippen LogP contribution in [0.4, 0.5) is 4.11 Å². The number of nitrogens with one attached hydrogen (secondary N) is 3. The van der Waals surface area contributed by atoms with Crippen LogP contribution in [0.2, 0.25) is 13.1 Å². The molecule has 0 unspecified atom stereocenters. The molecule has 3 nitrogen and oxygen atoms in total. The van der Waals surface area contributed by atoms with Crippen LogP contribution < -0.4 is 5.19 Å². The summed E-state index contributed by atoms with van der Waals surface area (Å²) in [5.41, 5.74) is 19.8. The molecule has 0 bridgehead atoms. The second kappa shape index (κ2) is 17.6. The summed E-state index contributed by atoms with van der Waals surface area (Å²) in [6, 6.07) is 7.71. The third-order valence-electron chi connectivity index (χ3n) is 1.35. The molecular formula is C16H34FHfN3Si. The van der Waals surface area contributed by atoms with Crippen LogP contribution in [-0.4, -0.2) is 26.5 Å². The molecule has 0 atom stereocenters. The molecular weight excluding hydrogens is 460 g/mol. The molecule has 0 aliphatic carbocycles. The quantitative estimate of drug-likeness (QED) is 0.256. The Bertz CT molecular complexity index is 274. The van der Waals surface area contributed by atoms with Gasteiger partial charge in [-0.25, -0.2) is 12.1 Å². The summed E-state index contributed by atoms with van der Waals surface area (Å²) >= 11 is 0. The van der Waals surface area contributed by atoms with Crippen molar-refractivity contribution >= 4 is 13.6 Å². The van der Waals surface area contributed by atoms with Crippen LogP contribution >= 0.6 is 0 Å². The van der Waals surface area contributed by atoms with E-state index in [0.29, 0.717) is 0 Å². The zero-order valence-electron chi connectivity index (χ0n) is 15.4. The van der Waals surface area contributed by atoms with E-state index in [0.717, 1.165) is 5.19 Å². The van der Waals surface area contributed by atoms with Gasteiger partial charge in [0.2, 0.25) is 8.41 Å².